The predicted octanol–water partition coefficient (Wildman–Crippen LogP) is 3.87. The van der Waals surface area contributed by atoms with Gasteiger partial charge in [0.1, 0.15) is 5.75 Å². The molecule has 0 spiro atoms. The maximum atomic E-state index is 12.3. The number of rotatable bonds is 7. The summed E-state index contributed by atoms with van der Waals surface area (Å²) in [6.07, 6.45) is 0. The summed E-state index contributed by atoms with van der Waals surface area (Å²) in [5.74, 6) is -1.08. The van der Waals surface area contributed by atoms with Crippen LogP contribution >= 0.6 is 11.6 Å². The second kappa shape index (κ2) is 8.25. The van der Waals surface area contributed by atoms with E-state index < -0.39 is 29.7 Å². The molecule has 0 aromatic heterocycles. The summed E-state index contributed by atoms with van der Waals surface area (Å²) in [5.41, 5.74) is -0.385. The molecule has 2 aromatic carbocycles. The number of nitro benzene ring substituents is 1. The highest BCUT2D eigenvalue weighted by molar-refractivity contribution is 6.30. The van der Waals surface area contributed by atoms with Gasteiger partial charge in [-0.05, 0) is 24.3 Å². The molecule has 0 saturated heterocycles. The first-order valence-corrected chi connectivity index (χ1v) is 7.15. The number of benzene rings is 2. The quantitative estimate of drug-likeness (QED) is 0.588. The van der Waals surface area contributed by atoms with Crippen LogP contribution in [-0.2, 0) is 4.79 Å². The summed E-state index contributed by atoms with van der Waals surface area (Å²) in [7, 11) is 0. The standard InChI is InChI=1S/C15H11ClF2N2O5/c16-9-5-6-13(11(7-9)20(22)23)24-8-14(21)19-10-3-1-2-4-12(10)25-15(17)18/h1-7,15H,8H2,(H,19,21). The average molecular weight is 373 g/mol. The minimum Gasteiger partial charge on any atom is -0.477 e. The number of nitro groups is 1. The molecule has 0 saturated carbocycles. The maximum absolute atomic E-state index is 12.3. The van der Waals surface area contributed by atoms with Crippen LogP contribution < -0.4 is 14.8 Å². The maximum Gasteiger partial charge on any atom is 0.387 e. The van der Waals surface area contributed by atoms with Crippen molar-refractivity contribution in [2.45, 2.75) is 6.61 Å². The smallest absolute Gasteiger partial charge is 0.387 e. The van der Waals surface area contributed by atoms with Gasteiger partial charge in [-0.3, -0.25) is 14.9 Å². The third kappa shape index (κ3) is 5.28. The number of halogens is 3. The molecule has 1 amide bonds. The number of hydrogen-bond donors (Lipinski definition) is 1. The Morgan fingerprint density at radius 1 is 1.24 bits per heavy atom. The van der Waals surface area contributed by atoms with Gasteiger partial charge in [0.25, 0.3) is 5.91 Å². The zero-order valence-electron chi connectivity index (χ0n) is 12.4. The molecule has 0 fully saturated rings. The highest BCUT2D eigenvalue weighted by Gasteiger charge is 2.17. The zero-order valence-corrected chi connectivity index (χ0v) is 13.2. The van der Waals surface area contributed by atoms with Crippen LogP contribution in [0.5, 0.6) is 11.5 Å². The van der Waals surface area contributed by atoms with E-state index in [1.807, 2.05) is 0 Å². The number of carbonyl (C=O) groups excluding carboxylic acids is 1. The van der Waals surface area contributed by atoms with Gasteiger partial charge in [0.2, 0.25) is 0 Å². The number of ether oxygens (including phenoxy) is 2. The Morgan fingerprint density at radius 3 is 2.64 bits per heavy atom. The van der Waals surface area contributed by atoms with Crippen molar-refractivity contribution in [3.63, 3.8) is 0 Å². The van der Waals surface area contributed by atoms with Crippen LogP contribution in [0.15, 0.2) is 42.5 Å². The fourth-order valence-corrected chi connectivity index (χ4v) is 2.02. The van der Waals surface area contributed by atoms with E-state index in [1.165, 1.54) is 36.4 Å². The zero-order chi connectivity index (χ0) is 18.4. The molecule has 25 heavy (non-hydrogen) atoms. The third-order valence-corrected chi connectivity index (χ3v) is 3.09. The van der Waals surface area contributed by atoms with Gasteiger partial charge in [0.15, 0.2) is 12.4 Å². The van der Waals surface area contributed by atoms with Crippen LogP contribution in [0.3, 0.4) is 0 Å². The lowest BCUT2D eigenvalue weighted by molar-refractivity contribution is -0.385. The lowest BCUT2D eigenvalue weighted by Crippen LogP contribution is -2.21. The van der Waals surface area contributed by atoms with E-state index in [2.05, 4.69) is 10.1 Å². The monoisotopic (exact) mass is 372 g/mol. The van der Waals surface area contributed by atoms with Crippen molar-refractivity contribution >= 4 is 28.9 Å². The van der Waals surface area contributed by atoms with Crippen molar-refractivity contribution in [2.24, 2.45) is 0 Å². The van der Waals surface area contributed by atoms with E-state index in [4.69, 9.17) is 16.3 Å². The van der Waals surface area contributed by atoms with Crippen LogP contribution in [0.25, 0.3) is 0 Å². The van der Waals surface area contributed by atoms with Crippen LogP contribution in [0, 0.1) is 10.1 Å². The topological polar surface area (TPSA) is 90.7 Å². The highest BCUT2D eigenvalue weighted by Crippen LogP contribution is 2.30. The fraction of sp³-hybridized carbons (Fsp3) is 0.133. The molecule has 10 heteroatoms. The number of para-hydroxylation sites is 2. The number of alkyl halides is 2. The molecule has 132 valence electrons. The number of nitrogens with zero attached hydrogens (tertiary/aromatic N) is 1. The Kier molecular flexibility index (Phi) is 6.07. The number of carbonyl (C=O) groups is 1. The van der Waals surface area contributed by atoms with Gasteiger partial charge in [-0.1, -0.05) is 23.7 Å². The molecule has 0 heterocycles. The molecule has 2 rings (SSSR count). The molecule has 0 aliphatic rings. The van der Waals surface area contributed by atoms with Gasteiger partial charge in [0, 0.05) is 11.1 Å². The molecule has 2 aromatic rings. The highest BCUT2D eigenvalue weighted by atomic mass is 35.5. The van der Waals surface area contributed by atoms with Crippen molar-refractivity contribution in [1.29, 1.82) is 0 Å². The van der Waals surface area contributed by atoms with Gasteiger partial charge in [0.05, 0.1) is 10.6 Å². The number of nitrogens with one attached hydrogen (secondary N) is 1. The summed E-state index contributed by atoms with van der Waals surface area (Å²) >= 11 is 5.68. The molecule has 0 atom stereocenters. The average Bonchev–Trinajstić information content (AvgIpc) is 2.55. The molecular formula is C15H11ClF2N2O5. The predicted molar refractivity (Wildman–Crippen MR) is 85.3 cm³/mol. The van der Waals surface area contributed by atoms with E-state index >= 15 is 0 Å². The molecular weight excluding hydrogens is 362 g/mol. The van der Waals surface area contributed by atoms with Gasteiger partial charge in [-0.2, -0.15) is 8.78 Å². The summed E-state index contributed by atoms with van der Waals surface area (Å²) < 4.78 is 34.0. The summed E-state index contributed by atoms with van der Waals surface area (Å²) in [5, 5.41) is 13.4. The minimum atomic E-state index is -3.05. The Bertz CT molecular complexity index is 788. The first kappa shape index (κ1) is 18.4. The number of amides is 1. The Labute approximate surface area is 145 Å². The number of hydrogen-bond acceptors (Lipinski definition) is 5. The van der Waals surface area contributed by atoms with Crippen LogP contribution in [0.2, 0.25) is 5.02 Å². The van der Waals surface area contributed by atoms with E-state index in [0.717, 1.165) is 6.07 Å². The van der Waals surface area contributed by atoms with E-state index in [-0.39, 0.29) is 22.2 Å². The van der Waals surface area contributed by atoms with Crippen molar-refractivity contribution in [3.05, 3.63) is 57.6 Å². The molecule has 0 aliphatic heterocycles. The molecule has 1 N–H and O–H groups in total. The van der Waals surface area contributed by atoms with Crippen molar-refractivity contribution in [1.82, 2.24) is 0 Å². The molecule has 0 radical (unpaired) electrons. The van der Waals surface area contributed by atoms with Gasteiger partial charge >= 0.3 is 12.3 Å². The lowest BCUT2D eigenvalue weighted by Gasteiger charge is -2.12. The van der Waals surface area contributed by atoms with Gasteiger partial charge in [-0.15, -0.1) is 0 Å². The Morgan fingerprint density at radius 2 is 1.96 bits per heavy atom. The van der Waals surface area contributed by atoms with Crippen molar-refractivity contribution < 1.29 is 28.0 Å². The van der Waals surface area contributed by atoms with Crippen molar-refractivity contribution in [3.8, 4) is 11.5 Å². The van der Waals surface area contributed by atoms with Crippen LogP contribution in [-0.4, -0.2) is 24.0 Å². The normalized spacial score (nSPS) is 10.4. The molecule has 0 unspecified atom stereocenters. The molecule has 0 bridgehead atoms. The van der Waals surface area contributed by atoms with E-state index in [0.29, 0.717) is 0 Å². The number of anilines is 1. The summed E-state index contributed by atoms with van der Waals surface area (Å²) in [6.45, 7) is -3.63. The van der Waals surface area contributed by atoms with Crippen LogP contribution in [0.1, 0.15) is 0 Å². The Hall–Kier alpha value is -2.94. The molecule has 0 aliphatic carbocycles. The first-order chi connectivity index (χ1) is 11.9. The minimum absolute atomic E-state index is 0.0157. The molecule has 7 nitrogen and oxygen atoms in total. The summed E-state index contributed by atoms with van der Waals surface area (Å²) in [6, 6.07) is 9.29. The second-order valence-electron chi connectivity index (χ2n) is 4.58. The fourth-order valence-electron chi connectivity index (χ4n) is 1.85. The first-order valence-electron chi connectivity index (χ1n) is 6.77. The Balaban J connectivity index is 2.04. The van der Waals surface area contributed by atoms with E-state index in [9.17, 15) is 23.7 Å². The van der Waals surface area contributed by atoms with Crippen molar-refractivity contribution in [2.75, 3.05) is 11.9 Å². The SMILES string of the molecule is O=C(COc1ccc(Cl)cc1[N+](=O)[O-])Nc1ccccc1OC(F)F. The van der Waals surface area contributed by atoms with Crippen LogP contribution in [0.4, 0.5) is 20.2 Å². The van der Waals surface area contributed by atoms with E-state index in [1.54, 1.807) is 0 Å². The lowest BCUT2D eigenvalue weighted by atomic mass is 10.3. The summed E-state index contributed by atoms with van der Waals surface area (Å²) in [4.78, 5) is 22.1. The largest absolute Gasteiger partial charge is 0.477 e. The third-order valence-electron chi connectivity index (χ3n) is 2.85. The van der Waals surface area contributed by atoms with Gasteiger partial charge < -0.3 is 14.8 Å². The second-order valence-corrected chi connectivity index (χ2v) is 5.02. The van der Waals surface area contributed by atoms with Gasteiger partial charge in [-0.25, -0.2) is 0 Å².